The van der Waals surface area contributed by atoms with Crippen LogP contribution in [0.25, 0.3) is 0 Å². The molecule has 0 aromatic rings. The Labute approximate surface area is 261 Å². The highest BCUT2D eigenvalue weighted by atomic mass is 16.4. The van der Waals surface area contributed by atoms with E-state index in [0.29, 0.717) is 49.9 Å². The van der Waals surface area contributed by atoms with Crippen LogP contribution in [0.15, 0.2) is 32.6 Å². The van der Waals surface area contributed by atoms with Gasteiger partial charge in [0.15, 0.2) is 11.6 Å². The second kappa shape index (κ2) is 15.5. The Bertz CT molecular complexity index is 1160. The summed E-state index contributed by atoms with van der Waals surface area (Å²) in [6, 6.07) is 0. The molecule has 2 amide bonds. The fraction of sp³-hybridized carbons (Fsp3) is 0.697. The van der Waals surface area contributed by atoms with Crippen molar-refractivity contribution in [2.45, 2.75) is 93.9 Å². The summed E-state index contributed by atoms with van der Waals surface area (Å²) in [4.78, 5) is 60.9. The van der Waals surface area contributed by atoms with Gasteiger partial charge in [0.2, 0.25) is 5.91 Å². The van der Waals surface area contributed by atoms with Gasteiger partial charge in [0, 0.05) is 50.2 Å². The van der Waals surface area contributed by atoms with E-state index in [9.17, 15) is 29.4 Å². The number of allylic oxidation sites excluding steroid dienone is 4. The van der Waals surface area contributed by atoms with Crippen molar-refractivity contribution >= 4 is 35.0 Å². The van der Waals surface area contributed by atoms with Crippen molar-refractivity contribution in [3.63, 3.8) is 0 Å². The van der Waals surface area contributed by atoms with Gasteiger partial charge in [-0.05, 0) is 35.5 Å². The summed E-state index contributed by atoms with van der Waals surface area (Å²) in [5.41, 5.74) is 0.863. The molecule has 44 heavy (non-hydrogen) atoms. The largest absolute Gasteiger partial charge is 0.511 e. The van der Waals surface area contributed by atoms with Crippen LogP contribution in [0.5, 0.6) is 0 Å². The third kappa shape index (κ3) is 11.2. The lowest BCUT2D eigenvalue weighted by molar-refractivity contribution is -0.130. The van der Waals surface area contributed by atoms with Crippen LogP contribution in [0, 0.1) is 22.7 Å². The zero-order valence-electron chi connectivity index (χ0n) is 27.7. The minimum Gasteiger partial charge on any atom is -0.511 e. The standard InChI is InChI=1S/C33H52N4O7/c1-20(2)13-22(29-24(38)15-32(5,6)16-25(29)39)34-9-11-37(28(42)19-36-31(43)44)12-10-35-23(14-21(3)4)30-26(40)17-33(7,8)18-27(30)41/h20-21,36,38,40H,9-19H2,1-8H3,(H,43,44). The second-order valence-corrected chi connectivity index (χ2v) is 14.4. The van der Waals surface area contributed by atoms with Gasteiger partial charge in [0.25, 0.3) is 0 Å². The van der Waals surface area contributed by atoms with Crippen LogP contribution >= 0.6 is 0 Å². The Morgan fingerprint density at radius 1 is 0.773 bits per heavy atom. The summed E-state index contributed by atoms with van der Waals surface area (Å²) in [6.07, 6.45) is 0.988. The number of nitrogens with one attached hydrogen (secondary N) is 1. The molecule has 0 unspecified atom stereocenters. The summed E-state index contributed by atoms with van der Waals surface area (Å²) < 4.78 is 0. The van der Waals surface area contributed by atoms with Crippen LogP contribution in [0.1, 0.15) is 93.9 Å². The van der Waals surface area contributed by atoms with Crippen molar-refractivity contribution in [1.29, 1.82) is 0 Å². The Kier molecular flexibility index (Phi) is 12.9. The number of hydrogen-bond donors (Lipinski definition) is 4. The van der Waals surface area contributed by atoms with Gasteiger partial charge in [-0.15, -0.1) is 0 Å². The Morgan fingerprint density at radius 2 is 1.16 bits per heavy atom. The molecule has 2 rings (SSSR count). The predicted octanol–water partition coefficient (Wildman–Crippen LogP) is 5.46. The Morgan fingerprint density at radius 3 is 1.48 bits per heavy atom. The SMILES string of the molecule is CC(C)CC(=NCCN(CCN=C(CC(C)C)C1=C(O)CC(C)(C)CC1=O)C(=O)CNC(=O)O)C1=C(O)CC(C)(C)CC1=O. The first-order valence-electron chi connectivity index (χ1n) is 15.5. The number of aliphatic imine (C=N–C) groups is 2. The maximum atomic E-state index is 13.0. The maximum absolute atomic E-state index is 13.0. The van der Waals surface area contributed by atoms with Gasteiger partial charge in [-0.1, -0.05) is 55.4 Å². The van der Waals surface area contributed by atoms with Crippen molar-refractivity contribution < 1.29 is 34.5 Å². The Hall–Kier alpha value is -3.50. The molecule has 2 aliphatic rings. The molecule has 0 atom stereocenters. The van der Waals surface area contributed by atoms with Crippen molar-refractivity contribution in [1.82, 2.24) is 10.2 Å². The number of ketones is 2. The minimum atomic E-state index is -1.32. The molecule has 4 N–H and O–H groups in total. The van der Waals surface area contributed by atoms with E-state index in [0.717, 1.165) is 0 Å². The van der Waals surface area contributed by atoms with Crippen LogP contribution in [0.3, 0.4) is 0 Å². The number of rotatable bonds is 14. The molecule has 0 aromatic heterocycles. The van der Waals surface area contributed by atoms with Gasteiger partial charge in [-0.3, -0.25) is 24.4 Å². The third-order valence-electron chi connectivity index (χ3n) is 7.57. The molecule has 0 heterocycles. The van der Waals surface area contributed by atoms with Crippen molar-refractivity contribution in [3.05, 3.63) is 22.7 Å². The van der Waals surface area contributed by atoms with E-state index in [4.69, 9.17) is 5.11 Å². The van der Waals surface area contributed by atoms with Gasteiger partial charge in [-0.2, -0.15) is 0 Å². The highest BCUT2D eigenvalue weighted by Crippen LogP contribution is 2.38. The first kappa shape index (κ1) is 36.7. The number of aliphatic hydroxyl groups excluding tert-OH is 2. The summed E-state index contributed by atoms with van der Waals surface area (Å²) in [5.74, 6) is -0.361. The molecule has 0 aromatic carbocycles. The van der Waals surface area contributed by atoms with Crippen molar-refractivity contribution in [2.75, 3.05) is 32.7 Å². The number of carboxylic acid groups (broad SMARTS) is 1. The van der Waals surface area contributed by atoms with Crippen LogP contribution in [-0.2, 0) is 14.4 Å². The fourth-order valence-electron chi connectivity index (χ4n) is 5.73. The quantitative estimate of drug-likeness (QED) is 0.188. The molecule has 11 nitrogen and oxygen atoms in total. The van der Waals surface area contributed by atoms with Crippen LogP contribution in [0.4, 0.5) is 4.79 Å². The molecule has 246 valence electrons. The average molecular weight is 617 g/mol. The van der Waals surface area contributed by atoms with Crippen LogP contribution in [0.2, 0.25) is 0 Å². The normalized spacial score (nSPS) is 19.2. The van der Waals surface area contributed by atoms with Gasteiger partial charge in [-0.25, -0.2) is 4.79 Å². The molecule has 11 heteroatoms. The Balaban J connectivity index is 2.32. The molecule has 0 saturated carbocycles. The molecule has 0 bridgehead atoms. The summed E-state index contributed by atoms with van der Waals surface area (Å²) in [5, 5.41) is 32.7. The number of carbonyl (C=O) groups excluding carboxylic acids is 3. The zero-order valence-corrected chi connectivity index (χ0v) is 27.7. The third-order valence-corrected chi connectivity index (χ3v) is 7.57. The van der Waals surface area contributed by atoms with Gasteiger partial charge in [0.1, 0.15) is 18.1 Å². The molecule has 0 radical (unpaired) electrons. The van der Waals surface area contributed by atoms with E-state index in [2.05, 4.69) is 15.3 Å². The summed E-state index contributed by atoms with van der Waals surface area (Å²) in [7, 11) is 0. The number of carbonyl (C=O) groups is 4. The minimum absolute atomic E-state index is 0.0365. The van der Waals surface area contributed by atoms with E-state index in [1.54, 1.807) is 0 Å². The lowest BCUT2D eigenvalue weighted by Crippen LogP contribution is -2.42. The maximum Gasteiger partial charge on any atom is 0.405 e. The zero-order chi connectivity index (χ0) is 33.4. The number of amides is 2. The van der Waals surface area contributed by atoms with E-state index in [1.807, 2.05) is 55.4 Å². The van der Waals surface area contributed by atoms with Crippen LogP contribution in [-0.4, -0.2) is 87.9 Å². The number of aliphatic hydroxyl groups is 2. The predicted molar refractivity (Wildman–Crippen MR) is 171 cm³/mol. The lowest BCUT2D eigenvalue weighted by Gasteiger charge is -2.30. The summed E-state index contributed by atoms with van der Waals surface area (Å²) in [6.45, 7) is 15.8. The molecular weight excluding hydrogens is 564 g/mol. The highest BCUT2D eigenvalue weighted by molar-refractivity contribution is 6.24. The van der Waals surface area contributed by atoms with E-state index in [-0.39, 0.29) is 83.1 Å². The van der Waals surface area contributed by atoms with Gasteiger partial charge >= 0.3 is 6.09 Å². The monoisotopic (exact) mass is 616 g/mol. The fourth-order valence-corrected chi connectivity index (χ4v) is 5.73. The number of hydrogen-bond acceptors (Lipinski definition) is 8. The first-order valence-corrected chi connectivity index (χ1v) is 15.5. The van der Waals surface area contributed by atoms with E-state index >= 15 is 0 Å². The molecule has 0 fully saturated rings. The topological polar surface area (TPSA) is 169 Å². The molecule has 2 aliphatic carbocycles. The van der Waals surface area contributed by atoms with E-state index in [1.165, 1.54) is 4.90 Å². The molecule has 0 saturated heterocycles. The van der Waals surface area contributed by atoms with Gasteiger partial charge < -0.3 is 25.5 Å². The lowest BCUT2D eigenvalue weighted by atomic mass is 9.75. The molecule has 0 spiro atoms. The smallest absolute Gasteiger partial charge is 0.405 e. The summed E-state index contributed by atoms with van der Waals surface area (Å²) >= 11 is 0. The molecule has 0 aliphatic heterocycles. The van der Waals surface area contributed by atoms with Crippen molar-refractivity contribution in [2.24, 2.45) is 32.7 Å². The first-order chi connectivity index (χ1) is 20.3. The van der Waals surface area contributed by atoms with Crippen LogP contribution < -0.4 is 5.32 Å². The number of Topliss-reactive ketones (excluding diaryl/α,β-unsaturated/α-hetero) is 2. The van der Waals surface area contributed by atoms with E-state index < -0.39 is 18.5 Å². The average Bonchev–Trinajstić information content (AvgIpc) is 2.82. The van der Waals surface area contributed by atoms with Crippen molar-refractivity contribution in [3.8, 4) is 0 Å². The highest BCUT2D eigenvalue weighted by Gasteiger charge is 2.36. The number of nitrogens with zero attached hydrogens (tertiary/aromatic N) is 3. The molecular formula is C33H52N4O7. The van der Waals surface area contributed by atoms with Gasteiger partial charge in [0.05, 0.1) is 24.2 Å². The second-order valence-electron chi connectivity index (χ2n) is 14.4.